The van der Waals surface area contributed by atoms with Crippen LogP contribution in [-0.2, 0) is 11.2 Å². The lowest BCUT2D eigenvalue weighted by molar-refractivity contribution is -0.124. The third kappa shape index (κ3) is 4.33. The molecule has 166 valence electrons. The number of nitrogens with zero attached hydrogens (tertiary/aromatic N) is 1. The average molecular weight is 519 g/mol. The van der Waals surface area contributed by atoms with Crippen molar-refractivity contribution in [3.8, 4) is 11.5 Å². The van der Waals surface area contributed by atoms with Crippen molar-refractivity contribution < 1.29 is 9.53 Å². The fourth-order valence-electron chi connectivity index (χ4n) is 4.33. The van der Waals surface area contributed by atoms with Crippen LogP contribution in [-0.4, -0.2) is 10.9 Å². The smallest absolute Gasteiger partial charge is 0.232 e. The van der Waals surface area contributed by atoms with Gasteiger partial charge in [-0.1, -0.05) is 78.3 Å². The van der Waals surface area contributed by atoms with Crippen LogP contribution in [0.3, 0.4) is 0 Å². The van der Waals surface area contributed by atoms with Crippen molar-refractivity contribution in [3.63, 3.8) is 0 Å². The highest BCUT2D eigenvalue weighted by molar-refractivity contribution is 9.10. The van der Waals surface area contributed by atoms with Crippen molar-refractivity contribution in [2.24, 2.45) is 5.41 Å². The topological polar surface area (TPSA) is 51.2 Å². The molecule has 5 rings (SSSR count). The number of hydrogen-bond donors (Lipinski definition) is 1. The molecule has 0 atom stereocenters. The number of rotatable bonds is 5. The lowest BCUT2D eigenvalue weighted by Crippen LogP contribution is -2.38. The van der Waals surface area contributed by atoms with Gasteiger partial charge in [0.05, 0.1) is 11.1 Å². The minimum Gasteiger partial charge on any atom is -0.457 e. The van der Waals surface area contributed by atoms with Crippen molar-refractivity contribution >= 4 is 38.3 Å². The number of nitrogens with one attached hydrogen (secondary N) is 1. The molecule has 0 aliphatic carbocycles. The quantitative estimate of drug-likeness (QED) is 0.299. The number of halogens is 1. The fraction of sp³-hybridized carbons (Fsp3) is 0.185. The first kappa shape index (κ1) is 21.9. The van der Waals surface area contributed by atoms with Crippen molar-refractivity contribution in [1.82, 2.24) is 4.98 Å². The summed E-state index contributed by atoms with van der Waals surface area (Å²) in [5, 5.41) is 5.70. The van der Waals surface area contributed by atoms with Crippen LogP contribution in [0.5, 0.6) is 11.5 Å². The molecule has 1 aromatic heterocycles. The van der Waals surface area contributed by atoms with E-state index in [9.17, 15) is 4.79 Å². The molecular weight excluding hydrogens is 496 g/mol. The van der Waals surface area contributed by atoms with Crippen LogP contribution < -0.4 is 10.1 Å². The fourth-order valence-corrected chi connectivity index (χ4v) is 5.30. The highest BCUT2D eigenvalue weighted by Crippen LogP contribution is 2.52. The first-order chi connectivity index (χ1) is 15.9. The number of fused-ring (bicyclic) bond motifs is 2. The summed E-state index contributed by atoms with van der Waals surface area (Å²) >= 11 is 4.92. The number of benzene rings is 3. The average Bonchev–Trinajstić information content (AvgIpc) is 3.25. The van der Waals surface area contributed by atoms with E-state index in [0.29, 0.717) is 5.13 Å². The number of ether oxygens (including phenoxy) is 1. The first-order valence-electron chi connectivity index (χ1n) is 10.8. The highest BCUT2D eigenvalue weighted by Gasteiger charge is 2.43. The van der Waals surface area contributed by atoms with Crippen LogP contribution in [0, 0.1) is 5.41 Å². The van der Waals surface area contributed by atoms with E-state index in [-0.39, 0.29) is 11.8 Å². The van der Waals surface area contributed by atoms with Crippen molar-refractivity contribution in [2.75, 3.05) is 5.32 Å². The summed E-state index contributed by atoms with van der Waals surface area (Å²) in [4.78, 5) is 18.2. The van der Waals surface area contributed by atoms with E-state index >= 15 is 0 Å². The van der Waals surface area contributed by atoms with Gasteiger partial charge < -0.3 is 10.1 Å². The van der Waals surface area contributed by atoms with E-state index in [0.717, 1.165) is 39.2 Å². The second kappa shape index (κ2) is 8.76. The number of carbonyl (C=O) groups excluding carboxylic acids is 1. The van der Waals surface area contributed by atoms with Gasteiger partial charge in [0.1, 0.15) is 11.5 Å². The van der Waals surface area contributed by atoms with Crippen LogP contribution in [0.2, 0.25) is 0 Å². The van der Waals surface area contributed by atoms with Gasteiger partial charge >= 0.3 is 0 Å². The number of hydrogen-bond acceptors (Lipinski definition) is 4. The normalized spacial score (nSPS) is 13.1. The van der Waals surface area contributed by atoms with Gasteiger partial charge in [-0.3, -0.25) is 4.79 Å². The van der Waals surface area contributed by atoms with Gasteiger partial charge in [0, 0.05) is 33.3 Å². The molecule has 0 radical (unpaired) electrons. The lowest BCUT2D eigenvalue weighted by atomic mass is 9.69. The van der Waals surface area contributed by atoms with Gasteiger partial charge in [0.2, 0.25) is 5.91 Å². The second-order valence-corrected chi connectivity index (χ2v) is 10.5. The van der Waals surface area contributed by atoms with Gasteiger partial charge in [-0.25, -0.2) is 4.98 Å². The number of carbonyl (C=O) groups is 1. The van der Waals surface area contributed by atoms with Crippen LogP contribution in [0.4, 0.5) is 5.13 Å². The monoisotopic (exact) mass is 518 g/mol. The predicted molar refractivity (Wildman–Crippen MR) is 136 cm³/mol. The Morgan fingerprint density at radius 3 is 2.24 bits per heavy atom. The highest BCUT2D eigenvalue weighted by atomic mass is 79.9. The van der Waals surface area contributed by atoms with Crippen LogP contribution in [0.15, 0.2) is 82.6 Å². The number of para-hydroxylation sites is 2. The Hall–Kier alpha value is -2.96. The Morgan fingerprint density at radius 1 is 1.00 bits per heavy atom. The van der Waals surface area contributed by atoms with Crippen LogP contribution in [0.1, 0.15) is 42.1 Å². The molecule has 0 spiro atoms. The molecule has 33 heavy (non-hydrogen) atoms. The minimum atomic E-state index is -0.729. The molecule has 1 aliphatic heterocycles. The Kier molecular flexibility index (Phi) is 5.81. The Bertz CT molecular complexity index is 1270. The molecule has 1 N–H and O–H groups in total. The zero-order chi connectivity index (χ0) is 23.0. The zero-order valence-corrected chi connectivity index (χ0v) is 20.7. The molecule has 0 bridgehead atoms. The maximum atomic E-state index is 13.6. The van der Waals surface area contributed by atoms with Crippen LogP contribution in [0.25, 0.3) is 0 Å². The van der Waals surface area contributed by atoms with Gasteiger partial charge in [-0.05, 0) is 29.8 Å². The molecule has 6 heteroatoms. The lowest BCUT2D eigenvalue weighted by Gasteiger charge is -2.38. The van der Waals surface area contributed by atoms with E-state index in [1.165, 1.54) is 16.9 Å². The van der Waals surface area contributed by atoms with Gasteiger partial charge in [0.15, 0.2) is 5.13 Å². The van der Waals surface area contributed by atoms with E-state index in [1.807, 2.05) is 79.9 Å². The van der Waals surface area contributed by atoms with Crippen LogP contribution >= 0.6 is 27.3 Å². The molecule has 0 unspecified atom stereocenters. The number of anilines is 1. The summed E-state index contributed by atoms with van der Waals surface area (Å²) in [7, 11) is 0. The SMILES string of the molecule is CC(C)(C(=O)Nc1nc(Cc2ccc(Br)cc2)cs1)C1c2ccccc2Oc2ccccc21. The molecule has 0 saturated carbocycles. The predicted octanol–water partition coefficient (Wildman–Crippen LogP) is 7.40. The van der Waals surface area contributed by atoms with Crippen molar-refractivity contribution in [2.45, 2.75) is 26.2 Å². The standard InChI is InChI=1S/C27H23BrN2O2S/c1-27(2,24-20-7-3-5-9-22(20)32-23-10-6-4-8-21(23)24)25(31)30-26-29-19(16-33-26)15-17-11-13-18(28)14-12-17/h3-14,16,24H,15H2,1-2H3,(H,29,30,31). The Balaban J connectivity index is 1.39. The summed E-state index contributed by atoms with van der Waals surface area (Å²) in [6.45, 7) is 3.98. The molecule has 3 aromatic carbocycles. The minimum absolute atomic E-state index is 0.0662. The van der Waals surface area contributed by atoms with E-state index in [1.54, 1.807) is 0 Å². The summed E-state index contributed by atoms with van der Waals surface area (Å²) in [6, 6.07) is 24.1. The second-order valence-electron chi connectivity index (χ2n) is 8.73. The van der Waals surface area contributed by atoms with Gasteiger partial charge in [0.25, 0.3) is 0 Å². The largest absolute Gasteiger partial charge is 0.457 e. The molecule has 2 heterocycles. The summed E-state index contributed by atoms with van der Waals surface area (Å²) in [5.74, 6) is 1.39. The third-order valence-corrected chi connectivity index (χ3v) is 7.39. The van der Waals surface area contributed by atoms with Crippen molar-refractivity contribution in [1.29, 1.82) is 0 Å². The van der Waals surface area contributed by atoms with E-state index in [4.69, 9.17) is 4.74 Å². The molecule has 4 nitrogen and oxygen atoms in total. The Labute approximate surface area is 205 Å². The molecule has 0 saturated heterocycles. The maximum absolute atomic E-state index is 13.6. The number of thiazole rings is 1. The van der Waals surface area contributed by atoms with E-state index in [2.05, 4.69) is 38.4 Å². The Morgan fingerprint density at radius 2 is 1.61 bits per heavy atom. The molecule has 4 aromatic rings. The molecular formula is C27H23BrN2O2S. The molecule has 1 aliphatic rings. The van der Waals surface area contributed by atoms with Gasteiger partial charge in [-0.2, -0.15) is 0 Å². The summed E-state index contributed by atoms with van der Waals surface area (Å²) < 4.78 is 7.18. The van der Waals surface area contributed by atoms with E-state index < -0.39 is 5.41 Å². The zero-order valence-electron chi connectivity index (χ0n) is 18.3. The number of amides is 1. The van der Waals surface area contributed by atoms with Crippen molar-refractivity contribution in [3.05, 3.63) is 105 Å². The maximum Gasteiger partial charge on any atom is 0.232 e. The molecule has 0 fully saturated rings. The molecule has 1 amide bonds. The first-order valence-corrected chi connectivity index (χ1v) is 12.4. The van der Waals surface area contributed by atoms with Gasteiger partial charge in [-0.15, -0.1) is 11.3 Å². The third-order valence-electron chi connectivity index (χ3n) is 6.06. The summed E-state index contributed by atoms with van der Waals surface area (Å²) in [5.41, 5.74) is 3.43. The summed E-state index contributed by atoms with van der Waals surface area (Å²) in [6.07, 6.45) is 0.726. The number of aromatic nitrogens is 1.